The molecule has 0 amide bonds. The van der Waals surface area contributed by atoms with E-state index in [1.165, 1.54) is 5.38 Å². The second-order valence-corrected chi connectivity index (χ2v) is 6.27. The largest absolute Gasteiger partial charge is 0.438 e. The van der Waals surface area contributed by atoms with Crippen LogP contribution < -0.4 is 4.74 Å². The van der Waals surface area contributed by atoms with Crippen molar-refractivity contribution < 1.29 is 17.9 Å². The summed E-state index contributed by atoms with van der Waals surface area (Å²) in [6.07, 6.45) is -4.39. The quantitative estimate of drug-likeness (QED) is 0.569. The Bertz CT molecular complexity index is 863. The minimum atomic E-state index is -4.39. The maximum absolute atomic E-state index is 12.6. The van der Waals surface area contributed by atoms with Crippen molar-refractivity contribution in [1.29, 1.82) is 0 Å². The van der Waals surface area contributed by atoms with Crippen LogP contribution in [0.5, 0.6) is 11.6 Å². The lowest BCUT2D eigenvalue weighted by Gasteiger charge is -2.07. The SMILES string of the molecule is Cc1cc(Oc2csc(C(F)(F)F)c2)nc(-c2ccc(Cl)cc2)n1. The molecule has 0 fully saturated rings. The molecule has 0 N–H and O–H groups in total. The van der Waals surface area contributed by atoms with Gasteiger partial charge in [-0.25, -0.2) is 4.98 Å². The van der Waals surface area contributed by atoms with Crippen molar-refractivity contribution in [3.8, 4) is 23.0 Å². The van der Waals surface area contributed by atoms with E-state index in [9.17, 15) is 13.2 Å². The predicted octanol–water partition coefficient (Wildman–Crippen LogP) is 5.98. The van der Waals surface area contributed by atoms with E-state index in [2.05, 4.69) is 9.97 Å². The van der Waals surface area contributed by atoms with Gasteiger partial charge in [0.25, 0.3) is 0 Å². The lowest BCUT2D eigenvalue weighted by Crippen LogP contribution is -2.00. The third kappa shape index (κ3) is 3.85. The summed E-state index contributed by atoms with van der Waals surface area (Å²) in [5.74, 6) is 0.680. The first-order valence-corrected chi connectivity index (χ1v) is 8.02. The van der Waals surface area contributed by atoms with Gasteiger partial charge in [0.2, 0.25) is 5.88 Å². The fourth-order valence-corrected chi connectivity index (χ4v) is 2.76. The summed E-state index contributed by atoms with van der Waals surface area (Å²) in [5, 5.41) is 1.88. The number of thiophene rings is 1. The molecule has 0 bridgehead atoms. The average Bonchev–Trinajstić information content (AvgIpc) is 2.96. The normalized spacial score (nSPS) is 11.5. The van der Waals surface area contributed by atoms with Gasteiger partial charge in [-0.2, -0.15) is 18.2 Å². The van der Waals surface area contributed by atoms with Gasteiger partial charge < -0.3 is 4.74 Å². The van der Waals surface area contributed by atoms with Crippen molar-refractivity contribution in [2.24, 2.45) is 0 Å². The van der Waals surface area contributed by atoms with Gasteiger partial charge in [0.15, 0.2) is 5.82 Å². The number of hydrogen-bond donors (Lipinski definition) is 0. The van der Waals surface area contributed by atoms with E-state index in [1.807, 2.05) is 0 Å². The fourth-order valence-electron chi connectivity index (χ4n) is 1.96. The minimum Gasteiger partial charge on any atom is -0.438 e. The Hall–Kier alpha value is -2.12. The number of rotatable bonds is 3. The number of ether oxygens (including phenoxy) is 1. The molecule has 3 nitrogen and oxygen atoms in total. The number of aryl methyl sites for hydroxylation is 1. The molecular weight excluding hydrogens is 361 g/mol. The molecule has 3 aromatic rings. The number of halogens is 4. The molecule has 0 unspecified atom stereocenters. The van der Waals surface area contributed by atoms with Gasteiger partial charge >= 0.3 is 6.18 Å². The number of nitrogens with zero attached hydrogens (tertiary/aromatic N) is 2. The summed E-state index contributed by atoms with van der Waals surface area (Å²) >= 11 is 6.43. The lowest BCUT2D eigenvalue weighted by molar-refractivity contribution is -0.134. The molecule has 3 rings (SSSR count). The zero-order valence-corrected chi connectivity index (χ0v) is 13.8. The molecule has 0 aliphatic carbocycles. The molecule has 0 saturated carbocycles. The lowest BCUT2D eigenvalue weighted by atomic mass is 10.2. The summed E-state index contributed by atoms with van der Waals surface area (Å²) in [4.78, 5) is 7.83. The van der Waals surface area contributed by atoms with E-state index in [0.29, 0.717) is 27.9 Å². The third-order valence-electron chi connectivity index (χ3n) is 3.01. The number of alkyl halides is 3. The minimum absolute atomic E-state index is 0.0903. The highest BCUT2D eigenvalue weighted by Crippen LogP contribution is 2.37. The van der Waals surface area contributed by atoms with E-state index in [0.717, 1.165) is 11.6 Å². The molecule has 0 saturated heterocycles. The predicted molar refractivity (Wildman–Crippen MR) is 86.6 cm³/mol. The highest BCUT2D eigenvalue weighted by Gasteiger charge is 2.32. The summed E-state index contributed by atoms with van der Waals surface area (Å²) in [6.45, 7) is 1.75. The van der Waals surface area contributed by atoms with Crippen molar-refractivity contribution in [2.45, 2.75) is 13.1 Å². The van der Waals surface area contributed by atoms with Crippen LogP contribution in [-0.2, 0) is 6.18 Å². The van der Waals surface area contributed by atoms with Gasteiger partial charge in [0.05, 0.1) is 0 Å². The van der Waals surface area contributed by atoms with Crippen LogP contribution in [0, 0.1) is 6.92 Å². The van der Waals surface area contributed by atoms with Crippen molar-refractivity contribution in [1.82, 2.24) is 9.97 Å². The Kier molecular flexibility index (Phi) is 4.47. The molecule has 0 aliphatic rings. The molecular formula is C16H10ClF3N2OS. The summed E-state index contributed by atoms with van der Waals surface area (Å²) in [6, 6.07) is 9.43. The Morgan fingerprint density at radius 1 is 1.08 bits per heavy atom. The maximum atomic E-state index is 12.6. The van der Waals surface area contributed by atoms with Gasteiger partial charge in [-0.3, -0.25) is 0 Å². The topological polar surface area (TPSA) is 35.0 Å². The standard InChI is InChI=1S/C16H10ClF3N2OS/c1-9-6-14(23-12-7-13(24-8-12)16(18,19)20)22-15(21-9)10-2-4-11(17)5-3-10/h2-8H,1H3. The number of aromatic nitrogens is 2. The average molecular weight is 371 g/mol. The molecule has 8 heteroatoms. The Balaban J connectivity index is 1.89. The first kappa shape index (κ1) is 16.7. The van der Waals surface area contributed by atoms with Gasteiger partial charge in [-0.15, -0.1) is 11.3 Å². The summed E-state index contributed by atoms with van der Waals surface area (Å²) < 4.78 is 43.4. The summed E-state index contributed by atoms with van der Waals surface area (Å²) in [5.41, 5.74) is 1.37. The third-order valence-corrected chi connectivity index (χ3v) is 4.22. The molecule has 124 valence electrons. The highest BCUT2D eigenvalue weighted by molar-refractivity contribution is 7.10. The second kappa shape index (κ2) is 6.41. The number of hydrogen-bond acceptors (Lipinski definition) is 4. The summed E-state index contributed by atoms with van der Waals surface area (Å²) in [7, 11) is 0. The zero-order chi connectivity index (χ0) is 17.3. The van der Waals surface area contributed by atoms with Crippen LogP contribution in [0.1, 0.15) is 10.6 Å². The van der Waals surface area contributed by atoms with Crippen LogP contribution in [0.15, 0.2) is 41.8 Å². The smallest absolute Gasteiger partial charge is 0.425 e. The van der Waals surface area contributed by atoms with Crippen LogP contribution in [0.25, 0.3) is 11.4 Å². The van der Waals surface area contributed by atoms with Crippen LogP contribution in [-0.4, -0.2) is 9.97 Å². The van der Waals surface area contributed by atoms with E-state index in [-0.39, 0.29) is 11.6 Å². The Labute approximate surface area is 144 Å². The van der Waals surface area contributed by atoms with Gasteiger partial charge in [-0.1, -0.05) is 11.6 Å². The van der Waals surface area contributed by atoms with Crippen LogP contribution in [0.3, 0.4) is 0 Å². The van der Waals surface area contributed by atoms with Crippen molar-refractivity contribution in [3.05, 3.63) is 57.4 Å². The van der Waals surface area contributed by atoms with E-state index >= 15 is 0 Å². The zero-order valence-electron chi connectivity index (χ0n) is 12.3. The highest BCUT2D eigenvalue weighted by atomic mass is 35.5. The monoisotopic (exact) mass is 370 g/mol. The molecule has 0 aliphatic heterocycles. The van der Waals surface area contributed by atoms with Crippen molar-refractivity contribution >= 4 is 22.9 Å². The van der Waals surface area contributed by atoms with Gasteiger partial charge in [0.1, 0.15) is 10.6 Å². The first-order valence-electron chi connectivity index (χ1n) is 6.76. The molecule has 2 heterocycles. The Morgan fingerprint density at radius 3 is 2.42 bits per heavy atom. The fraction of sp³-hybridized carbons (Fsp3) is 0.125. The van der Waals surface area contributed by atoms with Crippen LogP contribution >= 0.6 is 22.9 Å². The van der Waals surface area contributed by atoms with Crippen molar-refractivity contribution in [3.63, 3.8) is 0 Å². The second-order valence-electron chi connectivity index (χ2n) is 4.92. The Morgan fingerprint density at radius 2 is 1.79 bits per heavy atom. The maximum Gasteiger partial charge on any atom is 0.425 e. The number of benzene rings is 1. The van der Waals surface area contributed by atoms with Crippen LogP contribution in [0.4, 0.5) is 13.2 Å². The van der Waals surface area contributed by atoms with Crippen LogP contribution in [0.2, 0.25) is 5.02 Å². The molecule has 0 spiro atoms. The molecule has 24 heavy (non-hydrogen) atoms. The molecule has 0 radical (unpaired) electrons. The van der Waals surface area contributed by atoms with Gasteiger partial charge in [-0.05, 0) is 31.2 Å². The molecule has 2 aromatic heterocycles. The van der Waals surface area contributed by atoms with E-state index in [4.69, 9.17) is 16.3 Å². The molecule has 0 atom stereocenters. The molecule has 1 aromatic carbocycles. The van der Waals surface area contributed by atoms with Gasteiger partial charge in [0, 0.05) is 33.8 Å². The van der Waals surface area contributed by atoms with Crippen molar-refractivity contribution in [2.75, 3.05) is 0 Å². The first-order chi connectivity index (χ1) is 11.3. The van der Waals surface area contributed by atoms with E-state index < -0.39 is 11.1 Å². The van der Waals surface area contributed by atoms with E-state index in [1.54, 1.807) is 37.3 Å².